The number of para-hydroxylation sites is 1. The van der Waals surface area contributed by atoms with Crippen molar-refractivity contribution in [2.45, 2.75) is 18.2 Å². The van der Waals surface area contributed by atoms with Crippen LogP contribution in [0.3, 0.4) is 0 Å². The summed E-state index contributed by atoms with van der Waals surface area (Å²) in [6.45, 7) is 3.67. The molecule has 2 aromatic rings. The molecule has 5 nitrogen and oxygen atoms in total. The molecule has 1 saturated heterocycles. The molecule has 0 saturated carbocycles. The summed E-state index contributed by atoms with van der Waals surface area (Å²) in [6, 6.07) is 7.15. The summed E-state index contributed by atoms with van der Waals surface area (Å²) in [5.74, 6) is 0.255. The maximum atomic E-state index is 12.5. The van der Waals surface area contributed by atoms with Crippen LogP contribution in [0, 0.1) is 12.8 Å². The third-order valence-electron chi connectivity index (χ3n) is 3.69. The van der Waals surface area contributed by atoms with E-state index in [0.29, 0.717) is 25.3 Å². The molecule has 112 valence electrons. The van der Waals surface area contributed by atoms with Crippen LogP contribution in [-0.4, -0.2) is 33.2 Å². The van der Waals surface area contributed by atoms with Crippen LogP contribution in [0.1, 0.15) is 12.0 Å². The number of hydrogen-bond acceptors (Lipinski definition) is 4. The zero-order valence-corrected chi connectivity index (χ0v) is 12.7. The lowest BCUT2D eigenvalue weighted by molar-refractivity contribution is 0.186. The van der Waals surface area contributed by atoms with Crippen LogP contribution in [-0.2, 0) is 14.8 Å². The fourth-order valence-corrected chi connectivity index (χ4v) is 3.80. The van der Waals surface area contributed by atoms with Gasteiger partial charge in [0.25, 0.3) is 0 Å². The van der Waals surface area contributed by atoms with Crippen molar-refractivity contribution in [3.63, 3.8) is 0 Å². The van der Waals surface area contributed by atoms with Gasteiger partial charge in [0, 0.05) is 24.7 Å². The zero-order valence-electron chi connectivity index (χ0n) is 11.9. The number of rotatable bonds is 4. The molecular weight excluding hydrogens is 288 g/mol. The Morgan fingerprint density at radius 2 is 2.29 bits per heavy atom. The van der Waals surface area contributed by atoms with Crippen molar-refractivity contribution in [1.82, 2.24) is 9.71 Å². The molecule has 1 aromatic carbocycles. The Balaban J connectivity index is 1.91. The molecule has 2 heterocycles. The first kappa shape index (κ1) is 14.4. The molecule has 0 aliphatic carbocycles. The molecular formula is C15H18N2O3S. The Morgan fingerprint density at radius 3 is 3.05 bits per heavy atom. The van der Waals surface area contributed by atoms with E-state index in [-0.39, 0.29) is 10.8 Å². The van der Waals surface area contributed by atoms with Gasteiger partial charge in [-0.2, -0.15) is 0 Å². The van der Waals surface area contributed by atoms with Crippen molar-refractivity contribution < 1.29 is 13.2 Å². The van der Waals surface area contributed by atoms with Crippen molar-refractivity contribution in [3.8, 4) is 0 Å². The van der Waals surface area contributed by atoms with Gasteiger partial charge in [0.15, 0.2) is 0 Å². The highest BCUT2D eigenvalue weighted by Gasteiger charge is 2.22. The minimum absolute atomic E-state index is 0.235. The van der Waals surface area contributed by atoms with Gasteiger partial charge in [-0.25, -0.2) is 13.1 Å². The molecule has 0 radical (unpaired) electrons. The standard InChI is InChI=1S/C15H18N2O3S/c1-11-7-13-3-2-4-14(15(13)16-8-11)21(18,19)17-9-12-5-6-20-10-12/h2-4,7-8,12,17H,5-6,9-10H2,1H3. The maximum absolute atomic E-state index is 12.5. The first-order valence-corrected chi connectivity index (χ1v) is 8.47. The van der Waals surface area contributed by atoms with Crippen LogP contribution in [0.5, 0.6) is 0 Å². The number of pyridine rings is 1. The zero-order chi connectivity index (χ0) is 14.9. The van der Waals surface area contributed by atoms with Gasteiger partial charge in [0.05, 0.1) is 12.1 Å². The summed E-state index contributed by atoms with van der Waals surface area (Å²) >= 11 is 0. The number of nitrogens with zero attached hydrogens (tertiary/aromatic N) is 1. The highest BCUT2D eigenvalue weighted by Crippen LogP contribution is 2.22. The third-order valence-corrected chi connectivity index (χ3v) is 5.14. The summed E-state index contributed by atoms with van der Waals surface area (Å²) < 4.78 is 32.9. The molecule has 0 bridgehead atoms. The largest absolute Gasteiger partial charge is 0.381 e. The SMILES string of the molecule is Cc1cnc2c(S(=O)(=O)NCC3CCOC3)cccc2c1. The molecule has 1 fully saturated rings. The van der Waals surface area contributed by atoms with Gasteiger partial charge >= 0.3 is 0 Å². The normalized spacial score (nSPS) is 19.2. The first-order valence-electron chi connectivity index (χ1n) is 6.99. The van der Waals surface area contributed by atoms with Crippen molar-refractivity contribution in [3.05, 3.63) is 36.0 Å². The van der Waals surface area contributed by atoms with Crippen LogP contribution >= 0.6 is 0 Å². The molecule has 1 atom stereocenters. The predicted octanol–water partition coefficient (Wildman–Crippen LogP) is 1.86. The van der Waals surface area contributed by atoms with E-state index < -0.39 is 10.0 Å². The molecule has 21 heavy (non-hydrogen) atoms. The number of ether oxygens (including phenoxy) is 1. The lowest BCUT2D eigenvalue weighted by atomic mass is 10.1. The number of fused-ring (bicyclic) bond motifs is 1. The molecule has 3 rings (SSSR count). The van der Waals surface area contributed by atoms with Crippen molar-refractivity contribution in [2.24, 2.45) is 5.92 Å². The smallest absolute Gasteiger partial charge is 0.242 e. The van der Waals surface area contributed by atoms with Crippen molar-refractivity contribution in [1.29, 1.82) is 0 Å². The molecule has 1 unspecified atom stereocenters. The van der Waals surface area contributed by atoms with Gasteiger partial charge in [-0.15, -0.1) is 0 Å². The van der Waals surface area contributed by atoms with E-state index in [2.05, 4.69) is 9.71 Å². The molecule has 1 N–H and O–H groups in total. The number of aryl methyl sites for hydroxylation is 1. The maximum Gasteiger partial charge on any atom is 0.242 e. The summed E-state index contributed by atoms with van der Waals surface area (Å²) in [4.78, 5) is 4.52. The Kier molecular flexibility index (Phi) is 3.93. The number of hydrogen-bond donors (Lipinski definition) is 1. The summed E-state index contributed by atoms with van der Waals surface area (Å²) in [5.41, 5.74) is 1.52. The minimum atomic E-state index is -3.56. The van der Waals surface area contributed by atoms with E-state index in [1.807, 2.05) is 19.1 Å². The van der Waals surface area contributed by atoms with Gasteiger partial charge < -0.3 is 4.74 Å². The Labute approximate surface area is 124 Å². The highest BCUT2D eigenvalue weighted by molar-refractivity contribution is 7.89. The van der Waals surface area contributed by atoms with Crippen molar-refractivity contribution >= 4 is 20.9 Å². The van der Waals surface area contributed by atoms with Crippen LogP contribution < -0.4 is 4.72 Å². The second kappa shape index (κ2) is 5.71. The Morgan fingerprint density at radius 1 is 1.43 bits per heavy atom. The Bertz CT molecular complexity index is 753. The predicted molar refractivity (Wildman–Crippen MR) is 80.6 cm³/mol. The highest BCUT2D eigenvalue weighted by atomic mass is 32.2. The van der Waals surface area contributed by atoms with E-state index >= 15 is 0 Å². The topological polar surface area (TPSA) is 68.3 Å². The van der Waals surface area contributed by atoms with E-state index in [0.717, 1.165) is 17.4 Å². The van der Waals surface area contributed by atoms with Crippen LogP contribution in [0.15, 0.2) is 35.4 Å². The van der Waals surface area contributed by atoms with Crippen LogP contribution in [0.2, 0.25) is 0 Å². The molecule has 6 heteroatoms. The van der Waals surface area contributed by atoms with Crippen LogP contribution in [0.25, 0.3) is 10.9 Å². The van der Waals surface area contributed by atoms with Gasteiger partial charge in [-0.05, 0) is 37.0 Å². The van der Waals surface area contributed by atoms with Crippen LogP contribution in [0.4, 0.5) is 0 Å². The summed E-state index contributed by atoms with van der Waals surface area (Å²) in [6.07, 6.45) is 2.58. The molecule has 0 spiro atoms. The Hall–Kier alpha value is -1.50. The van der Waals surface area contributed by atoms with Gasteiger partial charge in [0.1, 0.15) is 4.90 Å². The molecule has 1 aromatic heterocycles. The summed E-state index contributed by atoms with van der Waals surface area (Å²) in [5, 5.41) is 0.835. The molecule has 1 aliphatic rings. The number of benzene rings is 1. The number of nitrogens with one attached hydrogen (secondary N) is 1. The van der Waals surface area contributed by atoms with Gasteiger partial charge in [0.2, 0.25) is 10.0 Å². The first-order chi connectivity index (χ1) is 10.1. The van der Waals surface area contributed by atoms with Gasteiger partial charge in [-0.3, -0.25) is 4.98 Å². The lowest BCUT2D eigenvalue weighted by Crippen LogP contribution is -2.29. The second-order valence-electron chi connectivity index (χ2n) is 5.42. The van der Waals surface area contributed by atoms with Gasteiger partial charge in [-0.1, -0.05) is 12.1 Å². The lowest BCUT2D eigenvalue weighted by Gasteiger charge is -2.12. The average molecular weight is 306 g/mol. The average Bonchev–Trinajstić information content (AvgIpc) is 2.97. The van der Waals surface area contributed by atoms with Crippen molar-refractivity contribution in [2.75, 3.05) is 19.8 Å². The third kappa shape index (κ3) is 3.07. The fourth-order valence-electron chi connectivity index (χ4n) is 2.51. The second-order valence-corrected chi connectivity index (χ2v) is 7.16. The van der Waals surface area contributed by atoms with E-state index in [4.69, 9.17) is 4.74 Å². The molecule has 1 aliphatic heterocycles. The summed E-state index contributed by atoms with van der Waals surface area (Å²) in [7, 11) is -3.56. The van der Waals surface area contributed by atoms with E-state index in [1.165, 1.54) is 0 Å². The van der Waals surface area contributed by atoms with E-state index in [1.54, 1.807) is 18.3 Å². The number of aromatic nitrogens is 1. The monoisotopic (exact) mass is 306 g/mol. The minimum Gasteiger partial charge on any atom is -0.381 e. The number of sulfonamides is 1. The quantitative estimate of drug-likeness (QED) is 0.936. The fraction of sp³-hybridized carbons (Fsp3) is 0.400. The molecule has 0 amide bonds. The van der Waals surface area contributed by atoms with E-state index in [9.17, 15) is 8.42 Å².